The van der Waals surface area contributed by atoms with Gasteiger partial charge in [-0.05, 0) is 30.2 Å². The molecule has 1 aromatic heterocycles. The van der Waals surface area contributed by atoms with E-state index < -0.39 is 17.9 Å². The van der Waals surface area contributed by atoms with Crippen LogP contribution in [0, 0.1) is 5.92 Å². The summed E-state index contributed by atoms with van der Waals surface area (Å²) in [6.07, 6.45) is 0. The van der Waals surface area contributed by atoms with Crippen molar-refractivity contribution >= 4 is 34.9 Å². The van der Waals surface area contributed by atoms with E-state index in [-0.39, 0.29) is 35.5 Å². The van der Waals surface area contributed by atoms with Crippen molar-refractivity contribution in [3.8, 4) is 5.75 Å². The van der Waals surface area contributed by atoms with Crippen LogP contribution in [0.2, 0.25) is 0 Å². The molecule has 0 aliphatic carbocycles. The molecule has 0 bridgehead atoms. The fraction of sp³-hybridized carbons (Fsp3) is 0.278. The molecule has 1 heterocycles. The number of anilines is 2. The van der Waals surface area contributed by atoms with Crippen LogP contribution in [-0.4, -0.2) is 29.4 Å². The van der Waals surface area contributed by atoms with Crippen molar-refractivity contribution in [1.29, 1.82) is 0 Å². The zero-order valence-corrected chi connectivity index (χ0v) is 15.6. The predicted molar refractivity (Wildman–Crippen MR) is 105 cm³/mol. The summed E-state index contributed by atoms with van der Waals surface area (Å²) in [6.45, 7) is 3.49. The van der Waals surface area contributed by atoms with Crippen LogP contribution < -0.4 is 27.3 Å². The lowest BCUT2D eigenvalue weighted by Crippen LogP contribution is -2.38. The van der Waals surface area contributed by atoms with Crippen LogP contribution in [0.25, 0.3) is 0 Å². The fourth-order valence-corrected chi connectivity index (χ4v) is 2.00. The van der Waals surface area contributed by atoms with Gasteiger partial charge in [-0.3, -0.25) is 4.79 Å². The molecule has 0 fully saturated rings. The number of nitrogens with zero attached hydrogens (tertiary/aromatic N) is 3. The van der Waals surface area contributed by atoms with Gasteiger partial charge in [0, 0.05) is 0 Å². The topological polar surface area (TPSA) is 171 Å². The Hall–Kier alpha value is -3.37. The average molecular weight is 385 g/mol. The summed E-state index contributed by atoms with van der Waals surface area (Å²) in [5.74, 6) is -0.467. The lowest BCUT2D eigenvalue weighted by atomic mass is 10.1. The van der Waals surface area contributed by atoms with Crippen molar-refractivity contribution in [3.05, 3.63) is 36.4 Å². The Balaban J connectivity index is 2.18. The fourth-order valence-electron chi connectivity index (χ4n) is 2.00. The van der Waals surface area contributed by atoms with Gasteiger partial charge in [-0.1, -0.05) is 26.0 Å². The van der Waals surface area contributed by atoms with Crippen LogP contribution in [0.5, 0.6) is 5.75 Å². The second-order valence-electron chi connectivity index (χ2n) is 6.21. The van der Waals surface area contributed by atoms with E-state index >= 15 is 0 Å². The molecule has 148 valence electrons. The smallest absolute Gasteiger partial charge is 0.328 e. The molecule has 10 heteroatoms. The van der Waals surface area contributed by atoms with Crippen molar-refractivity contribution in [3.63, 3.8) is 0 Å². The Morgan fingerprint density at radius 2 is 1.82 bits per heavy atom. The van der Waals surface area contributed by atoms with Gasteiger partial charge in [-0.25, -0.2) is 9.78 Å². The molecule has 10 nitrogen and oxygen atoms in total. The van der Waals surface area contributed by atoms with Crippen LogP contribution in [-0.2, 0) is 9.59 Å². The first kappa shape index (κ1) is 20.9. The van der Waals surface area contributed by atoms with Gasteiger partial charge < -0.3 is 27.3 Å². The maximum atomic E-state index is 12.1. The van der Waals surface area contributed by atoms with Crippen LogP contribution >= 0.6 is 0 Å². The summed E-state index contributed by atoms with van der Waals surface area (Å²) < 4.78 is 5.34. The van der Waals surface area contributed by atoms with E-state index in [9.17, 15) is 9.59 Å². The molecule has 0 saturated heterocycles. The standard InChI is InChI=1S/C18H23N7O3/c1-10(2)16(20)18(27)28-13-6-4-3-5-11(13)24-25-12-7-8-14(23-17(12)21)22-15(26)9-19/h3-8,10,16H,9,19-20H2,1-2H3,(H3,21,22,23,26)/b25-24+. The largest absolute Gasteiger partial charge is 0.423 e. The third-order valence-corrected chi connectivity index (χ3v) is 3.69. The number of carbonyl (C=O) groups excluding carboxylic acids is 2. The molecule has 28 heavy (non-hydrogen) atoms. The monoisotopic (exact) mass is 385 g/mol. The summed E-state index contributed by atoms with van der Waals surface area (Å²) in [6, 6.07) is 8.96. The lowest BCUT2D eigenvalue weighted by molar-refractivity contribution is -0.136. The SMILES string of the molecule is CC(C)C(N)C(=O)Oc1ccccc1/N=N/c1ccc(NC(=O)CN)nc1N. The second kappa shape index (κ2) is 9.53. The summed E-state index contributed by atoms with van der Waals surface area (Å²) >= 11 is 0. The van der Waals surface area contributed by atoms with Crippen LogP contribution in [0.1, 0.15) is 13.8 Å². The van der Waals surface area contributed by atoms with Gasteiger partial charge in [0.15, 0.2) is 11.6 Å². The average Bonchev–Trinajstić information content (AvgIpc) is 2.67. The number of para-hydroxylation sites is 1. The van der Waals surface area contributed by atoms with Gasteiger partial charge in [-0.2, -0.15) is 0 Å². The van der Waals surface area contributed by atoms with Crippen LogP contribution in [0.3, 0.4) is 0 Å². The second-order valence-corrected chi connectivity index (χ2v) is 6.21. The third kappa shape index (κ3) is 5.56. The Morgan fingerprint density at radius 3 is 2.46 bits per heavy atom. The number of ether oxygens (including phenoxy) is 1. The molecule has 1 unspecified atom stereocenters. The first-order valence-corrected chi connectivity index (χ1v) is 8.56. The summed E-state index contributed by atoms with van der Waals surface area (Å²) in [5.41, 5.74) is 17.5. The first-order chi connectivity index (χ1) is 13.3. The molecule has 0 aliphatic rings. The maximum absolute atomic E-state index is 12.1. The Labute approximate surface area is 162 Å². The van der Waals surface area contributed by atoms with E-state index in [1.807, 2.05) is 13.8 Å². The molecule has 0 radical (unpaired) electrons. The number of hydrogen-bond acceptors (Lipinski definition) is 9. The van der Waals surface area contributed by atoms with Crippen molar-refractivity contribution in [2.24, 2.45) is 27.6 Å². The minimum atomic E-state index is -0.749. The summed E-state index contributed by atoms with van der Waals surface area (Å²) in [4.78, 5) is 27.4. The van der Waals surface area contributed by atoms with Gasteiger partial charge in [-0.15, -0.1) is 10.2 Å². The maximum Gasteiger partial charge on any atom is 0.328 e. The molecule has 0 spiro atoms. The Morgan fingerprint density at radius 1 is 1.14 bits per heavy atom. The number of carbonyl (C=O) groups is 2. The molecule has 2 aromatic rings. The highest BCUT2D eigenvalue weighted by Crippen LogP contribution is 2.30. The zero-order chi connectivity index (χ0) is 20.7. The van der Waals surface area contributed by atoms with Crippen LogP contribution in [0.15, 0.2) is 46.6 Å². The number of rotatable bonds is 7. The Kier molecular flexibility index (Phi) is 7.13. The van der Waals surface area contributed by atoms with Gasteiger partial charge in [0.2, 0.25) is 5.91 Å². The molecular weight excluding hydrogens is 362 g/mol. The minimum absolute atomic E-state index is 0.0644. The molecule has 0 aliphatic heterocycles. The third-order valence-electron chi connectivity index (χ3n) is 3.69. The number of nitrogen functional groups attached to an aromatic ring is 1. The number of aromatic nitrogens is 1. The van der Waals surface area contributed by atoms with Crippen molar-refractivity contribution in [1.82, 2.24) is 4.98 Å². The molecule has 7 N–H and O–H groups in total. The number of pyridine rings is 1. The molecule has 2 rings (SSSR count). The number of azo groups is 1. The number of amides is 1. The van der Waals surface area contributed by atoms with Crippen LogP contribution in [0.4, 0.5) is 23.0 Å². The number of esters is 1. The number of nitrogens with one attached hydrogen (secondary N) is 1. The lowest BCUT2D eigenvalue weighted by Gasteiger charge is -2.14. The highest BCUT2D eigenvalue weighted by atomic mass is 16.5. The Bertz CT molecular complexity index is 883. The van der Waals surface area contributed by atoms with Crippen molar-refractivity contribution in [2.75, 3.05) is 17.6 Å². The predicted octanol–water partition coefficient (Wildman–Crippen LogP) is 1.87. The number of hydrogen-bond donors (Lipinski definition) is 4. The number of benzene rings is 1. The highest BCUT2D eigenvalue weighted by molar-refractivity contribution is 5.91. The molecular formula is C18H23N7O3. The van der Waals surface area contributed by atoms with Crippen molar-refractivity contribution < 1.29 is 14.3 Å². The first-order valence-electron chi connectivity index (χ1n) is 8.56. The molecule has 1 aromatic carbocycles. The molecule has 1 amide bonds. The van der Waals surface area contributed by atoms with Gasteiger partial charge in [0.25, 0.3) is 0 Å². The van der Waals surface area contributed by atoms with E-state index in [4.69, 9.17) is 21.9 Å². The normalized spacial score (nSPS) is 12.2. The quantitative estimate of drug-likeness (QED) is 0.320. The zero-order valence-electron chi connectivity index (χ0n) is 15.6. The molecule has 0 saturated carbocycles. The van der Waals surface area contributed by atoms with E-state index in [1.54, 1.807) is 30.3 Å². The van der Waals surface area contributed by atoms with Crippen molar-refractivity contribution in [2.45, 2.75) is 19.9 Å². The van der Waals surface area contributed by atoms with E-state index in [0.717, 1.165) is 0 Å². The molecule has 1 atom stereocenters. The summed E-state index contributed by atoms with van der Waals surface area (Å²) in [5, 5.41) is 10.6. The summed E-state index contributed by atoms with van der Waals surface area (Å²) in [7, 11) is 0. The van der Waals surface area contributed by atoms with E-state index in [0.29, 0.717) is 5.69 Å². The van der Waals surface area contributed by atoms with E-state index in [2.05, 4.69) is 20.5 Å². The number of nitrogens with two attached hydrogens (primary N) is 3. The minimum Gasteiger partial charge on any atom is -0.423 e. The highest BCUT2D eigenvalue weighted by Gasteiger charge is 2.20. The van der Waals surface area contributed by atoms with Gasteiger partial charge >= 0.3 is 5.97 Å². The van der Waals surface area contributed by atoms with Gasteiger partial charge in [0.1, 0.15) is 23.2 Å². The van der Waals surface area contributed by atoms with Gasteiger partial charge in [0.05, 0.1) is 6.54 Å². The van der Waals surface area contributed by atoms with E-state index in [1.165, 1.54) is 6.07 Å².